The van der Waals surface area contributed by atoms with E-state index in [1.54, 1.807) is 4.90 Å². The van der Waals surface area contributed by atoms with E-state index in [2.05, 4.69) is 13.8 Å². The van der Waals surface area contributed by atoms with Gasteiger partial charge in [-0.25, -0.2) is 4.79 Å². The molecule has 138 valence electrons. The molecule has 2 atom stereocenters. The second-order valence-corrected chi connectivity index (χ2v) is 8.91. The Morgan fingerprint density at radius 2 is 1.67 bits per heavy atom. The van der Waals surface area contributed by atoms with E-state index in [0.717, 1.165) is 18.8 Å². The monoisotopic (exact) mass is 339 g/mol. The second kappa shape index (κ2) is 7.32. The molecule has 1 heterocycles. The molecule has 2 unspecified atom stereocenters. The van der Waals surface area contributed by atoms with E-state index in [9.17, 15) is 14.7 Å². The van der Waals surface area contributed by atoms with E-state index in [1.807, 2.05) is 20.8 Å². The SMILES string of the molecule is CC(C)C1CCC(C2CN(C(=O)OC(C)(C)C)CC2C(=O)O)CC1. The molecule has 2 aliphatic rings. The van der Waals surface area contributed by atoms with Crippen LogP contribution in [0.2, 0.25) is 0 Å². The smallest absolute Gasteiger partial charge is 0.410 e. The Morgan fingerprint density at radius 3 is 2.12 bits per heavy atom. The fourth-order valence-electron chi connectivity index (χ4n) is 4.28. The van der Waals surface area contributed by atoms with E-state index < -0.39 is 17.5 Å². The summed E-state index contributed by atoms with van der Waals surface area (Å²) >= 11 is 0. The van der Waals surface area contributed by atoms with Gasteiger partial charge < -0.3 is 14.7 Å². The predicted molar refractivity (Wildman–Crippen MR) is 92.7 cm³/mol. The molecular weight excluding hydrogens is 306 g/mol. The standard InChI is InChI=1S/C19H33NO4/c1-12(2)13-6-8-14(9-7-13)15-10-20(11-16(15)17(21)22)18(23)24-19(3,4)5/h12-16H,6-11H2,1-5H3,(H,21,22). The van der Waals surface area contributed by atoms with Crippen molar-refractivity contribution in [1.29, 1.82) is 0 Å². The van der Waals surface area contributed by atoms with Crippen molar-refractivity contribution in [2.45, 2.75) is 65.9 Å². The maximum absolute atomic E-state index is 12.3. The van der Waals surface area contributed by atoms with Crippen LogP contribution in [0.4, 0.5) is 4.79 Å². The molecule has 1 amide bonds. The average molecular weight is 339 g/mol. The van der Waals surface area contributed by atoms with Gasteiger partial charge in [-0.3, -0.25) is 4.79 Å². The Labute approximate surface area is 145 Å². The summed E-state index contributed by atoms with van der Waals surface area (Å²) in [7, 11) is 0. The Bertz CT molecular complexity index is 460. The highest BCUT2D eigenvalue weighted by Crippen LogP contribution is 2.42. The molecule has 1 aliphatic heterocycles. The highest BCUT2D eigenvalue weighted by Gasteiger charge is 2.45. The molecule has 0 aromatic carbocycles. The van der Waals surface area contributed by atoms with Crippen LogP contribution in [0, 0.1) is 29.6 Å². The number of hydrogen-bond acceptors (Lipinski definition) is 3. The number of ether oxygens (including phenoxy) is 1. The fraction of sp³-hybridized carbons (Fsp3) is 0.895. The van der Waals surface area contributed by atoms with Crippen LogP contribution >= 0.6 is 0 Å². The van der Waals surface area contributed by atoms with Gasteiger partial charge in [0.1, 0.15) is 5.60 Å². The molecule has 0 aromatic rings. The van der Waals surface area contributed by atoms with Crippen LogP contribution in [0.1, 0.15) is 60.3 Å². The van der Waals surface area contributed by atoms with E-state index in [4.69, 9.17) is 4.74 Å². The molecule has 1 saturated heterocycles. The first kappa shape index (κ1) is 19.1. The molecule has 5 heteroatoms. The summed E-state index contributed by atoms with van der Waals surface area (Å²) in [5.74, 6) is 0.683. The van der Waals surface area contributed by atoms with Crippen molar-refractivity contribution in [3.63, 3.8) is 0 Å². The summed E-state index contributed by atoms with van der Waals surface area (Å²) in [5.41, 5.74) is -0.552. The first-order valence-corrected chi connectivity index (χ1v) is 9.29. The molecule has 0 aromatic heterocycles. The molecule has 0 spiro atoms. The van der Waals surface area contributed by atoms with Crippen molar-refractivity contribution in [3.8, 4) is 0 Å². The minimum Gasteiger partial charge on any atom is -0.481 e. The molecule has 1 aliphatic carbocycles. The number of carbonyl (C=O) groups is 2. The number of carboxylic acids is 1. The van der Waals surface area contributed by atoms with E-state index >= 15 is 0 Å². The molecule has 2 rings (SSSR count). The Hall–Kier alpha value is -1.26. The summed E-state index contributed by atoms with van der Waals surface area (Å²) in [6.45, 7) is 10.8. The average Bonchev–Trinajstić information content (AvgIpc) is 2.91. The van der Waals surface area contributed by atoms with Crippen LogP contribution in [0.5, 0.6) is 0 Å². The topological polar surface area (TPSA) is 66.8 Å². The lowest BCUT2D eigenvalue weighted by Crippen LogP contribution is -2.36. The third-order valence-corrected chi connectivity index (χ3v) is 5.70. The van der Waals surface area contributed by atoms with Crippen LogP contribution in [-0.2, 0) is 9.53 Å². The van der Waals surface area contributed by atoms with Crippen LogP contribution in [-0.4, -0.2) is 40.8 Å². The minimum absolute atomic E-state index is 0.0585. The maximum Gasteiger partial charge on any atom is 0.410 e. The lowest BCUT2D eigenvalue weighted by Gasteiger charge is -2.35. The van der Waals surface area contributed by atoms with Crippen molar-refractivity contribution in [2.24, 2.45) is 29.6 Å². The second-order valence-electron chi connectivity index (χ2n) is 8.91. The first-order chi connectivity index (χ1) is 11.1. The van der Waals surface area contributed by atoms with Crippen LogP contribution < -0.4 is 0 Å². The van der Waals surface area contributed by atoms with Crippen molar-refractivity contribution in [1.82, 2.24) is 4.90 Å². The molecular formula is C19H33NO4. The van der Waals surface area contributed by atoms with Gasteiger partial charge in [-0.15, -0.1) is 0 Å². The van der Waals surface area contributed by atoms with Crippen molar-refractivity contribution in [3.05, 3.63) is 0 Å². The van der Waals surface area contributed by atoms with Crippen molar-refractivity contribution < 1.29 is 19.4 Å². The fourth-order valence-corrected chi connectivity index (χ4v) is 4.28. The Morgan fingerprint density at radius 1 is 1.08 bits per heavy atom. The molecule has 1 saturated carbocycles. The predicted octanol–water partition coefficient (Wildman–Crippen LogP) is 4.02. The zero-order chi connectivity index (χ0) is 18.1. The molecule has 2 fully saturated rings. The zero-order valence-electron chi connectivity index (χ0n) is 15.7. The number of likely N-dealkylation sites (tertiary alicyclic amines) is 1. The number of nitrogens with zero attached hydrogens (tertiary/aromatic N) is 1. The third-order valence-electron chi connectivity index (χ3n) is 5.70. The summed E-state index contributed by atoms with van der Waals surface area (Å²) in [5, 5.41) is 9.61. The number of carbonyl (C=O) groups excluding carboxylic acids is 1. The van der Waals surface area contributed by atoms with Gasteiger partial charge in [0.05, 0.1) is 5.92 Å². The van der Waals surface area contributed by atoms with E-state index in [-0.39, 0.29) is 18.6 Å². The van der Waals surface area contributed by atoms with Crippen LogP contribution in [0.3, 0.4) is 0 Å². The number of carboxylic acid groups (broad SMARTS) is 1. The normalized spacial score (nSPS) is 31.3. The maximum atomic E-state index is 12.3. The van der Waals surface area contributed by atoms with Gasteiger partial charge in [0.15, 0.2) is 0 Å². The lowest BCUT2D eigenvalue weighted by molar-refractivity contribution is -0.143. The Balaban J connectivity index is 2.01. The van der Waals surface area contributed by atoms with Crippen molar-refractivity contribution >= 4 is 12.1 Å². The van der Waals surface area contributed by atoms with Crippen LogP contribution in [0.15, 0.2) is 0 Å². The number of aliphatic carboxylic acids is 1. The van der Waals surface area contributed by atoms with Crippen LogP contribution in [0.25, 0.3) is 0 Å². The van der Waals surface area contributed by atoms with Gasteiger partial charge in [0.2, 0.25) is 0 Å². The third kappa shape index (κ3) is 4.64. The summed E-state index contributed by atoms with van der Waals surface area (Å²) in [6, 6.07) is 0. The molecule has 0 radical (unpaired) electrons. The van der Waals surface area contributed by atoms with E-state index in [0.29, 0.717) is 18.4 Å². The summed E-state index contributed by atoms with van der Waals surface area (Å²) in [4.78, 5) is 25.6. The number of hydrogen-bond donors (Lipinski definition) is 1. The van der Waals surface area contributed by atoms with Gasteiger partial charge in [0, 0.05) is 13.1 Å². The minimum atomic E-state index is -0.781. The van der Waals surface area contributed by atoms with Gasteiger partial charge in [0.25, 0.3) is 0 Å². The highest BCUT2D eigenvalue weighted by molar-refractivity contribution is 5.74. The summed E-state index contributed by atoms with van der Waals surface area (Å²) in [6.07, 6.45) is 4.14. The molecule has 5 nitrogen and oxygen atoms in total. The first-order valence-electron chi connectivity index (χ1n) is 9.29. The largest absolute Gasteiger partial charge is 0.481 e. The van der Waals surface area contributed by atoms with Gasteiger partial charge in [-0.05, 0) is 70.1 Å². The lowest BCUT2D eigenvalue weighted by atomic mass is 9.70. The highest BCUT2D eigenvalue weighted by atomic mass is 16.6. The number of amides is 1. The molecule has 1 N–H and O–H groups in total. The zero-order valence-corrected chi connectivity index (χ0v) is 15.7. The van der Waals surface area contributed by atoms with Gasteiger partial charge >= 0.3 is 12.1 Å². The summed E-state index contributed by atoms with van der Waals surface area (Å²) < 4.78 is 5.43. The molecule has 24 heavy (non-hydrogen) atoms. The number of rotatable bonds is 3. The molecule has 0 bridgehead atoms. The van der Waals surface area contributed by atoms with E-state index in [1.165, 1.54) is 12.8 Å². The Kier molecular flexibility index (Phi) is 5.82. The quantitative estimate of drug-likeness (QED) is 0.843. The van der Waals surface area contributed by atoms with Gasteiger partial charge in [-0.2, -0.15) is 0 Å². The van der Waals surface area contributed by atoms with Gasteiger partial charge in [-0.1, -0.05) is 13.8 Å². The van der Waals surface area contributed by atoms with Crippen molar-refractivity contribution in [2.75, 3.05) is 13.1 Å².